The Hall–Kier alpha value is -3.62. The largest absolute Gasteiger partial charge is 0.469 e. The van der Waals surface area contributed by atoms with Gasteiger partial charge in [0.25, 0.3) is 5.91 Å². The molecule has 5 aromatic rings. The molecule has 0 bridgehead atoms. The summed E-state index contributed by atoms with van der Waals surface area (Å²) in [4.78, 5) is 21.8. The summed E-state index contributed by atoms with van der Waals surface area (Å²) in [7, 11) is 0. The highest BCUT2D eigenvalue weighted by atomic mass is 35.5. The minimum Gasteiger partial charge on any atom is -0.469 e. The van der Waals surface area contributed by atoms with E-state index in [0.717, 1.165) is 33.1 Å². The summed E-state index contributed by atoms with van der Waals surface area (Å²) in [6.07, 6.45) is 5.76. The number of halogens is 2. The summed E-state index contributed by atoms with van der Waals surface area (Å²) < 4.78 is 20.9. The number of imidazole rings is 1. The first-order valence-corrected chi connectivity index (χ1v) is 13.1. The number of carbonyl (C=O) groups excluding carboxylic acids is 1. The number of carbonyl (C=O) groups is 1. The minimum absolute atomic E-state index is 0.0580. The third kappa shape index (κ3) is 6.03. The van der Waals surface area contributed by atoms with Crippen molar-refractivity contribution < 1.29 is 13.6 Å². The molecule has 3 heterocycles. The first kappa shape index (κ1) is 25.0. The highest BCUT2D eigenvalue weighted by molar-refractivity contribution is 7.98. The quantitative estimate of drug-likeness (QED) is 0.218. The average molecular weight is 535 g/mol. The minimum atomic E-state index is -0.360. The van der Waals surface area contributed by atoms with E-state index >= 15 is 0 Å². The van der Waals surface area contributed by atoms with Crippen LogP contribution in [-0.4, -0.2) is 26.5 Å². The smallest absolute Gasteiger partial charge is 0.251 e. The second-order valence-electron chi connectivity index (χ2n) is 8.72. The highest BCUT2D eigenvalue weighted by Crippen LogP contribution is 2.30. The van der Waals surface area contributed by atoms with Crippen LogP contribution in [0, 0.1) is 5.82 Å². The molecule has 1 unspecified atom stereocenters. The summed E-state index contributed by atoms with van der Waals surface area (Å²) in [5.41, 5.74) is 4.19. The van der Waals surface area contributed by atoms with Crippen LogP contribution < -0.4 is 5.32 Å². The molecule has 0 aliphatic heterocycles. The molecule has 0 saturated carbocycles. The standard InChI is InChI=1S/C28H24ClFN4O2S/c1-18(13-23-3-2-12-36-23)32-27(35)20-6-4-19(5-7-20)16-34-26-15-31-11-10-25(26)33-28(34)37-17-21-8-9-22(30)14-24(21)29/h2-12,14-15,18H,13,16-17H2,1H3,(H,32,35). The van der Waals surface area contributed by atoms with Crippen molar-refractivity contribution in [2.75, 3.05) is 0 Å². The van der Waals surface area contributed by atoms with Crippen LogP contribution in [0.4, 0.5) is 4.39 Å². The summed E-state index contributed by atoms with van der Waals surface area (Å²) in [5.74, 6) is 0.891. The average Bonchev–Trinajstić information content (AvgIpc) is 3.52. The lowest BCUT2D eigenvalue weighted by Gasteiger charge is -2.13. The van der Waals surface area contributed by atoms with E-state index < -0.39 is 0 Å². The van der Waals surface area contributed by atoms with Crippen LogP contribution in [0.15, 0.2) is 88.9 Å². The molecule has 1 atom stereocenters. The number of nitrogens with one attached hydrogen (secondary N) is 1. The van der Waals surface area contributed by atoms with Crippen LogP contribution in [-0.2, 0) is 18.7 Å². The van der Waals surface area contributed by atoms with Gasteiger partial charge in [-0.05, 0) is 60.5 Å². The van der Waals surface area contributed by atoms with Gasteiger partial charge in [0.1, 0.15) is 11.6 Å². The first-order chi connectivity index (χ1) is 18.0. The van der Waals surface area contributed by atoms with Gasteiger partial charge >= 0.3 is 0 Å². The summed E-state index contributed by atoms with van der Waals surface area (Å²) in [6.45, 7) is 2.50. The maximum Gasteiger partial charge on any atom is 0.251 e. The fourth-order valence-corrected chi connectivity index (χ4v) is 5.36. The fraction of sp³-hybridized carbons (Fsp3) is 0.179. The second-order valence-corrected chi connectivity index (χ2v) is 10.1. The van der Waals surface area contributed by atoms with Crippen molar-refractivity contribution in [1.29, 1.82) is 0 Å². The molecule has 0 aliphatic rings. The predicted octanol–water partition coefficient (Wildman–Crippen LogP) is 6.52. The Balaban J connectivity index is 1.30. The third-order valence-electron chi connectivity index (χ3n) is 5.91. The number of thioether (sulfide) groups is 1. The van der Waals surface area contributed by atoms with Crippen molar-refractivity contribution in [2.24, 2.45) is 0 Å². The van der Waals surface area contributed by atoms with Gasteiger partial charge in [-0.15, -0.1) is 0 Å². The zero-order valence-corrected chi connectivity index (χ0v) is 21.6. The maximum atomic E-state index is 13.4. The van der Waals surface area contributed by atoms with Crippen molar-refractivity contribution in [1.82, 2.24) is 19.9 Å². The van der Waals surface area contributed by atoms with Crippen molar-refractivity contribution >= 4 is 40.3 Å². The molecule has 9 heteroatoms. The van der Waals surface area contributed by atoms with E-state index in [1.165, 1.54) is 23.9 Å². The van der Waals surface area contributed by atoms with E-state index in [0.29, 0.717) is 29.3 Å². The van der Waals surface area contributed by atoms with Crippen LogP contribution in [0.1, 0.15) is 34.2 Å². The van der Waals surface area contributed by atoms with Crippen LogP contribution in [0.5, 0.6) is 0 Å². The molecule has 1 amide bonds. The number of pyridine rings is 1. The Morgan fingerprint density at radius 2 is 2.03 bits per heavy atom. The lowest BCUT2D eigenvalue weighted by atomic mass is 10.1. The van der Waals surface area contributed by atoms with Crippen molar-refractivity contribution in [3.05, 3.63) is 113 Å². The normalized spacial score (nSPS) is 12.1. The maximum absolute atomic E-state index is 13.4. The number of amides is 1. The van der Waals surface area contributed by atoms with Crippen LogP contribution in [0.3, 0.4) is 0 Å². The fourth-order valence-electron chi connectivity index (χ4n) is 4.02. The molecule has 37 heavy (non-hydrogen) atoms. The molecule has 0 saturated heterocycles. The summed E-state index contributed by atoms with van der Waals surface area (Å²) in [6, 6.07) is 17.5. The summed E-state index contributed by atoms with van der Waals surface area (Å²) >= 11 is 7.75. The number of furan rings is 1. The number of fused-ring (bicyclic) bond motifs is 1. The molecular weight excluding hydrogens is 511 g/mol. The van der Waals surface area contributed by atoms with Crippen molar-refractivity contribution in [3.8, 4) is 0 Å². The van der Waals surface area contributed by atoms with Crippen molar-refractivity contribution in [2.45, 2.75) is 36.8 Å². The van der Waals surface area contributed by atoms with Gasteiger partial charge in [0.2, 0.25) is 0 Å². The molecule has 0 fully saturated rings. The Morgan fingerprint density at radius 3 is 2.78 bits per heavy atom. The van der Waals surface area contributed by atoms with Crippen molar-refractivity contribution in [3.63, 3.8) is 0 Å². The third-order valence-corrected chi connectivity index (χ3v) is 7.29. The molecule has 3 aromatic heterocycles. The topological polar surface area (TPSA) is 73.0 Å². The Morgan fingerprint density at radius 1 is 1.19 bits per heavy atom. The lowest BCUT2D eigenvalue weighted by molar-refractivity contribution is 0.0939. The van der Waals surface area contributed by atoms with Gasteiger partial charge in [0.05, 0.1) is 30.0 Å². The number of aromatic nitrogens is 3. The Bertz CT molecular complexity index is 1520. The van der Waals surface area contributed by atoms with Gasteiger partial charge in [-0.1, -0.05) is 41.6 Å². The van der Waals surface area contributed by atoms with Gasteiger partial charge in [0.15, 0.2) is 5.16 Å². The number of hydrogen-bond acceptors (Lipinski definition) is 5. The van der Waals surface area contributed by atoms with E-state index in [4.69, 9.17) is 21.0 Å². The number of benzene rings is 2. The molecule has 6 nitrogen and oxygen atoms in total. The molecule has 0 aliphatic carbocycles. The Kier molecular flexibility index (Phi) is 7.58. The lowest BCUT2D eigenvalue weighted by Crippen LogP contribution is -2.33. The van der Waals surface area contributed by atoms with E-state index in [-0.39, 0.29) is 17.8 Å². The SMILES string of the molecule is CC(Cc1ccco1)NC(=O)c1ccc(Cn2c(SCc3ccc(F)cc3Cl)nc3ccncc32)cc1. The van der Waals surface area contributed by atoms with E-state index in [1.54, 1.807) is 24.7 Å². The highest BCUT2D eigenvalue weighted by Gasteiger charge is 2.15. The van der Waals surface area contributed by atoms with E-state index in [1.807, 2.05) is 49.4 Å². The van der Waals surface area contributed by atoms with E-state index in [9.17, 15) is 9.18 Å². The van der Waals surface area contributed by atoms with Gasteiger partial charge in [-0.2, -0.15) is 0 Å². The van der Waals surface area contributed by atoms with Gasteiger partial charge in [0, 0.05) is 35.0 Å². The van der Waals surface area contributed by atoms with Gasteiger partial charge in [-0.25, -0.2) is 9.37 Å². The van der Waals surface area contributed by atoms with Gasteiger partial charge in [-0.3, -0.25) is 9.78 Å². The number of rotatable bonds is 9. The second kappa shape index (κ2) is 11.2. The molecule has 0 spiro atoms. The predicted molar refractivity (Wildman–Crippen MR) is 143 cm³/mol. The molecule has 2 aromatic carbocycles. The zero-order valence-electron chi connectivity index (χ0n) is 20.0. The first-order valence-electron chi connectivity index (χ1n) is 11.8. The van der Waals surface area contributed by atoms with Crippen LogP contribution >= 0.6 is 23.4 Å². The molecule has 0 radical (unpaired) electrons. The van der Waals surface area contributed by atoms with Gasteiger partial charge < -0.3 is 14.3 Å². The molecule has 5 rings (SSSR count). The zero-order chi connectivity index (χ0) is 25.8. The molecule has 1 N–H and O–H groups in total. The van der Waals surface area contributed by atoms with Crippen LogP contribution in [0.2, 0.25) is 5.02 Å². The van der Waals surface area contributed by atoms with Crippen LogP contribution in [0.25, 0.3) is 11.0 Å². The number of hydrogen-bond donors (Lipinski definition) is 1. The monoisotopic (exact) mass is 534 g/mol. The Labute approximate surface area is 222 Å². The summed E-state index contributed by atoms with van der Waals surface area (Å²) in [5, 5.41) is 4.21. The number of nitrogens with zero attached hydrogens (tertiary/aromatic N) is 3. The molecule has 188 valence electrons. The van der Waals surface area contributed by atoms with E-state index in [2.05, 4.69) is 14.9 Å². The molecular formula is C28H24ClFN4O2S.